The van der Waals surface area contributed by atoms with E-state index in [1.807, 2.05) is 14.0 Å². The van der Waals surface area contributed by atoms with Gasteiger partial charge in [0.1, 0.15) is 17.2 Å². The van der Waals surface area contributed by atoms with Gasteiger partial charge < -0.3 is 40.3 Å². The maximum absolute atomic E-state index is 12.5. The van der Waals surface area contributed by atoms with Crippen LogP contribution >= 0.6 is 15.9 Å². The van der Waals surface area contributed by atoms with Gasteiger partial charge in [-0.15, -0.1) is 0 Å². The first-order valence-electron chi connectivity index (χ1n) is 13.8. The van der Waals surface area contributed by atoms with E-state index in [1.54, 1.807) is 39.1 Å². The number of hydrogen-bond donors (Lipinski definition) is 5. The van der Waals surface area contributed by atoms with Crippen molar-refractivity contribution in [2.75, 3.05) is 35.3 Å². The molecule has 4 rings (SSSR count). The van der Waals surface area contributed by atoms with Gasteiger partial charge in [-0.3, -0.25) is 4.79 Å². The van der Waals surface area contributed by atoms with E-state index >= 15 is 0 Å². The zero-order valence-corrected chi connectivity index (χ0v) is 26.4. The molecular weight excluding hydrogens is 626 g/mol. The molecule has 15 heteroatoms. The second kappa shape index (κ2) is 12.3. The SMILES string of the molecule is C/C(=C(\Br)C=O)c1cnc(Nc2ccc(N3CC(O)(O)N(C(=O)OC(C)(C)C)C(O)(O)C3)cn2)nc1N(C)C1CCCC1. The number of anilines is 4. The summed E-state index contributed by atoms with van der Waals surface area (Å²) in [6.45, 7) is 5.37. The molecule has 0 spiro atoms. The van der Waals surface area contributed by atoms with Crippen molar-refractivity contribution in [1.29, 1.82) is 0 Å². The first-order chi connectivity index (χ1) is 20.0. The highest BCUT2D eigenvalue weighted by Gasteiger charge is 2.56. The van der Waals surface area contributed by atoms with Crippen molar-refractivity contribution < 1.29 is 34.8 Å². The minimum atomic E-state index is -2.97. The molecule has 14 nitrogen and oxygen atoms in total. The van der Waals surface area contributed by atoms with E-state index in [2.05, 4.69) is 36.1 Å². The molecule has 1 aliphatic heterocycles. The van der Waals surface area contributed by atoms with Crippen molar-refractivity contribution in [2.45, 2.75) is 76.8 Å². The van der Waals surface area contributed by atoms with Crippen LogP contribution in [0.4, 0.5) is 28.1 Å². The Bertz CT molecular complexity index is 1350. The Hall–Kier alpha value is -3.37. The predicted molar refractivity (Wildman–Crippen MR) is 162 cm³/mol. The average Bonchev–Trinajstić information content (AvgIpc) is 3.45. The fraction of sp³-hybridized carbons (Fsp3) is 0.536. The first kappa shape index (κ1) is 32.5. The van der Waals surface area contributed by atoms with Gasteiger partial charge >= 0.3 is 6.09 Å². The van der Waals surface area contributed by atoms with E-state index in [-0.39, 0.29) is 10.8 Å². The Labute approximate surface area is 258 Å². The zero-order valence-electron chi connectivity index (χ0n) is 24.8. The highest BCUT2D eigenvalue weighted by atomic mass is 79.9. The summed E-state index contributed by atoms with van der Waals surface area (Å²) in [5.41, 5.74) is 0.752. The number of β-amino-alcohol motifs (C(OH)–C–C–N with tert-alkyl or cyclic N) is 4. The molecular formula is C28H38BrN7O7. The third-order valence-corrected chi connectivity index (χ3v) is 8.07. The van der Waals surface area contributed by atoms with Gasteiger partial charge in [-0.1, -0.05) is 12.8 Å². The van der Waals surface area contributed by atoms with Crippen LogP contribution in [-0.4, -0.2) is 96.3 Å². The number of aldehydes is 1. The smallest absolute Gasteiger partial charge is 0.418 e. The quantitative estimate of drug-likeness (QED) is 0.166. The number of carbonyl (C=O) groups is 2. The molecule has 1 aliphatic carbocycles. The van der Waals surface area contributed by atoms with Gasteiger partial charge in [0.15, 0.2) is 6.29 Å². The van der Waals surface area contributed by atoms with Crippen molar-refractivity contribution in [3.63, 3.8) is 0 Å². The van der Waals surface area contributed by atoms with E-state index in [0.717, 1.165) is 37.5 Å². The van der Waals surface area contributed by atoms with Crippen LogP contribution in [0, 0.1) is 0 Å². The second-order valence-electron chi connectivity index (χ2n) is 11.8. The Morgan fingerprint density at radius 1 is 1.12 bits per heavy atom. The van der Waals surface area contributed by atoms with Crippen LogP contribution in [0.15, 0.2) is 29.0 Å². The highest BCUT2D eigenvalue weighted by Crippen LogP contribution is 2.34. The molecule has 2 aliphatic rings. The first-order valence-corrected chi connectivity index (χ1v) is 14.6. The molecule has 3 heterocycles. The predicted octanol–water partition coefficient (Wildman–Crippen LogP) is 2.65. The average molecular weight is 665 g/mol. The number of hydrogen-bond acceptors (Lipinski definition) is 13. The summed E-state index contributed by atoms with van der Waals surface area (Å²) in [4.78, 5) is 41.0. The van der Waals surface area contributed by atoms with Crippen LogP contribution in [-0.2, 0) is 9.53 Å². The fourth-order valence-electron chi connectivity index (χ4n) is 5.19. The number of nitrogens with one attached hydrogen (secondary N) is 1. The molecule has 2 fully saturated rings. The minimum absolute atomic E-state index is 0.0941. The van der Waals surface area contributed by atoms with Gasteiger partial charge in [0, 0.05) is 24.8 Å². The number of piperazine rings is 1. The van der Waals surface area contributed by atoms with Crippen molar-refractivity contribution in [2.24, 2.45) is 0 Å². The Morgan fingerprint density at radius 2 is 1.74 bits per heavy atom. The van der Waals surface area contributed by atoms with E-state index in [4.69, 9.17) is 9.72 Å². The zero-order chi connectivity index (χ0) is 31.7. The summed E-state index contributed by atoms with van der Waals surface area (Å²) in [7, 11) is 1.98. The van der Waals surface area contributed by atoms with Crippen LogP contribution in [0.1, 0.15) is 58.9 Å². The maximum Gasteiger partial charge on any atom is 0.418 e. The largest absolute Gasteiger partial charge is 0.443 e. The molecule has 0 atom stereocenters. The van der Waals surface area contributed by atoms with Gasteiger partial charge in [-0.05, 0) is 74.2 Å². The van der Waals surface area contributed by atoms with Gasteiger partial charge in [-0.2, -0.15) is 9.88 Å². The number of pyridine rings is 1. The fourth-order valence-corrected chi connectivity index (χ4v) is 5.40. The highest BCUT2D eigenvalue weighted by molar-refractivity contribution is 9.12. The number of nitrogens with zero attached hydrogens (tertiary/aromatic N) is 6. The molecule has 0 radical (unpaired) electrons. The number of rotatable bonds is 7. The van der Waals surface area contributed by atoms with Crippen LogP contribution < -0.4 is 15.1 Å². The van der Waals surface area contributed by atoms with Crippen LogP contribution in [0.3, 0.4) is 0 Å². The molecule has 2 aromatic rings. The Morgan fingerprint density at radius 3 is 2.28 bits per heavy atom. The molecule has 234 valence electrons. The lowest BCUT2D eigenvalue weighted by Crippen LogP contribution is -2.75. The van der Waals surface area contributed by atoms with Crippen LogP contribution in [0.5, 0.6) is 0 Å². The second-order valence-corrected chi connectivity index (χ2v) is 12.7. The van der Waals surface area contributed by atoms with E-state index < -0.39 is 36.6 Å². The number of aliphatic hydroxyl groups is 4. The molecule has 43 heavy (non-hydrogen) atoms. The van der Waals surface area contributed by atoms with Gasteiger partial charge in [0.25, 0.3) is 11.8 Å². The van der Waals surface area contributed by atoms with Gasteiger partial charge in [0.2, 0.25) is 5.95 Å². The van der Waals surface area contributed by atoms with Crippen molar-refractivity contribution in [3.05, 3.63) is 34.6 Å². The third-order valence-electron chi connectivity index (χ3n) is 7.29. The van der Waals surface area contributed by atoms with E-state index in [9.17, 15) is 30.0 Å². The lowest BCUT2D eigenvalue weighted by atomic mass is 10.1. The number of carbonyl (C=O) groups excluding carboxylic acids is 2. The van der Waals surface area contributed by atoms with Gasteiger partial charge in [-0.25, -0.2) is 14.8 Å². The lowest BCUT2D eigenvalue weighted by molar-refractivity contribution is -0.372. The minimum Gasteiger partial charge on any atom is -0.443 e. The number of aromatic nitrogens is 3. The summed E-state index contributed by atoms with van der Waals surface area (Å²) in [5, 5.41) is 45.5. The maximum atomic E-state index is 12.5. The van der Waals surface area contributed by atoms with E-state index in [0.29, 0.717) is 33.4 Å². The molecule has 1 saturated carbocycles. The molecule has 1 amide bonds. The number of ether oxygens (including phenoxy) is 1. The summed E-state index contributed by atoms with van der Waals surface area (Å²) < 4.78 is 5.53. The summed E-state index contributed by atoms with van der Waals surface area (Å²) in [6.07, 6.45) is 6.85. The normalized spacial score (nSPS) is 19.1. The number of amides is 1. The summed E-state index contributed by atoms with van der Waals surface area (Å²) in [6, 6.07) is 3.49. The van der Waals surface area contributed by atoms with Crippen molar-refractivity contribution in [1.82, 2.24) is 19.9 Å². The molecule has 2 aromatic heterocycles. The molecule has 0 aromatic carbocycles. The molecule has 0 unspecified atom stereocenters. The lowest BCUT2D eigenvalue weighted by Gasteiger charge is -2.50. The Kier molecular flexibility index (Phi) is 9.32. The van der Waals surface area contributed by atoms with Gasteiger partial charge in [0.05, 0.1) is 29.5 Å². The molecule has 1 saturated heterocycles. The number of allylic oxidation sites excluding steroid dienone is 2. The summed E-state index contributed by atoms with van der Waals surface area (Å²) >= 11 is 3.31. The monoisotopic (exact) mass is 663 g/mol. The van der Waals surface area contributed by atoms with Crippen LogP contribution in [0.25, 0.3) is 5.57 Å². The number of halogens is 1. The topological polar surface area (TPSA) is 185 Å². The van der Waals surface area contributed by atoms with Crippen molar-refractivity contribution in [3.8, 4) is 0 Å². The standard InChI is InChI=1S/C28H38BrN7O7/c1-17(21(29)14-37)20-13-31-24(33-23(20)34(5)18-8-6-7-9-18)32-22-11-10-19(12-30-22)35-15-27(39,40)36(28(41,42)16-35)25(38)43-26(2,3)4/h10-14,18,39-42H,6-9,15-16H2,1-5H3,(H,30,31,32,33)/b21-17+. The van der Waals surface area contributed by atoms with E-state index in [1.165, 1.54) is 11.1 Å². The third kappa shape index (κ3) is 7.41. The summed E-state index contributed by atoms with van der Waals surface area (Å²) in [5.74, 6) is -4.62. The molecule has 5 N–H and O–H groups in total. The van der Waals surface area contributed by atoms with Crippen LogP contribution in [0.2, 0.25) is 0 Å². The van der Waals surface area contributed by atoms with Crippen molar-refractivity contribution >= 4 is 57.2 Å². The molecule has 0 bridgehead atoms. The Balaban J connectivity index is 1.54.